The molecule has 0 aliphatic carbocycles. The van der Waals surface area contributed by atoms with E-state index in [9.17, 15) is 0 Å². The van der Waals surface area contributed by atoms with Crippen molar-refractivity contribution in [2.24, 2.45) is 0 Å². The van der Waals surface area contributed by atoms with Crippen LogP contribution in [0.2, 0.25) is 0 Å². The van der Waals surface area contributed by atoms with E-state index in [1.807, 2.05) is 24.3 Å². The molecule has 4 heterocycles. The molecule has 12 rings (SSSR count). The van der Waals surface area contributed by atoms with Gasteiger partial charge in [-0.25, -0.2) is 0 Å². The van der Waals surface area contributed by atoms with Gasteiger partial charge in [0.25, 0.3) is 6.71 Å². The van der Waals surface area contributed by atoms with Gasteiger partial charge < -0.3 is 18.8 Å². The lowest BCUT2D eigenvalue weighted by atomic mass is 9.33. The van der Waals surface area contributed by atoms with E-state index in [0.717, 1.165) is 55.2 Å². The first-order valence-corrected chi connectivity index (χ1v) is 25.5. The fourth-order valence-corrected chi connectivity index (χ4v) is 12.3. The van der Waals surface area contributed by atoms with Crippen LogP contribution in [0.15, 0.2) is 163 Å². The zero-order chi connectivity index (χ0) is 50.3. The van der Waals surface area contributed by atoms with E-state index in [1.54, 1.807) is 0 Å². The predicted octanol–water partition coefficient (Wildman–Crippen LogP) is 14.5. The van der Waals surface area contributed by atoms with Crippen molar-refractivity contribution in [3.8, 4) is 5.69 Å². The van der Waals surface area contributed by atoms with Crippen LogP contribution in [0.25, 0.3) is 50.6 Å². The topological polar surface area (TPSA) is 24.6 Å². The van der Waals surface area contributed by atoms with Gasteiger partial charge in [0.05, 0.1) is 22.4 Å². The Hall–Kier alpha value is -7.76. The molecule has 0 N–H and O–H groups in total. The highest BCUT2D eigenvalue weighted by atomic mass is 16.3. The standard InChI is InChI=1S/C67H62BN3O/c1-14-49(65-44(7)50-24-19-21-27-61(50)72-65)45-32-40(3)63(41(4)33-45)71-58-38-56-52(51-25-18-20-26-55(51)69(56)48-22-16-15-17-23-48)37-54(58)68-53-29-28-46(66(8,9)10)36-57(53)70(59-30-39(2)31-60(71)62(59)68)64-42(5)34-47(35-43(64)6)67(11,12)13/h14-38H,1,7H2,2-6,8-13H3/b65-49-. The van der Waals surface area contributed by atoms with Gasteiger partial charge >= 0.3 is 0 Å². The summed E-state index contributed by atoms with van der Waals surface area (Å²) in [4.78, 5) is 5.24. The van der Waals surface area contributed by atoms with E-state index >= 15 is 0 Å². The number of allylic oxidation sites excluding steroid dienone is 1. The molecule has 0 saturated heterocycles. The molecule has 8 aromatic carbocycles. The van der Waals surface area contributed by atoms with Gasteiger partial charge in [0, 0.05) is 55.4 Å². The molecule has 72 heavy (non-hydrogen) atoms. The van der Waals surface area contributed by atoms with Crippen LogP contribution in [0.4, 0.5) is 34.1 Å². The van der Waals surface area contributed by atoms with E-state index < -0.39 is 0 Å². The minimum absolute atomic E-state index is 0.0112. The highest BCUT2D eigenvalue weighted by Crippen LogP contribution is 2.50. The van der Waals surface area contributed by atoms with Gasteiger partial charge in [-0.2, -0.15) is 0 Å². The molecular formula is C67H62BN3O. The molecule has 0 saturated carbocycles. The highest BCUT2D eigenvalue weighted by molar-refractivity contribution is 7.00. The zero-order valence-corrected chi connectivity index (χ0v) is 43.7. The van der Waals surface area contributed by atoms with Crippen LogP contribution in [-0.2, 0) is 10.8 Å². The Bertz CT molecular complexity index is 4010. The molecule has 354 valence electrons. The summed E-state index contributed by atoms with van der Waals surface area (Å²) >= 11 is 0. The molecule has 2 aliphatic heterocycles. The Balaban J connectivity index is 1.20. The normalized spacial score (nSPS) is 13.7. The maximum absolute atomic E-state index is 6.55. The van der Waals surface area contributed by atoms with Crippen molar-refractivity contribution in [3.05, 3.63) is 213 Å². The van der Waals surface area contributed by atoms with E-state index in [0.29, 0.717) is 0 Å². The third-order valence-electron chi connectivity index (χ3n) is 15.6. The molecule has 2 aromatic heterocycles. The number of fused-ring (bicyclic) bond motifs is 8. The Kier molecular flexibility index (Phi) is 10.2. The lowest BCUT2D eigenvalue weighted by Crippen LogP contribution is -2.61. The molecule has 0 spiro atoms. The Morgan fingerprint density at radius 3 is 1.71 bits per heavy atom. The monoisotopic (exact) mass is 935 g/mol. The van der Waals surface area contributed by atoms with Gasteiger partial charge in [0.1, 0.15) is 11.0 Å². The maximum atomic E-state index is 6.55. The summed E-state index contributed by atoms with van der Waals surface area (Å²) in [5.41, 5.74) is 26.9. The third kappa shape index (κ3) is 6.80. The van der Waals surface area contributed by atoms with E-state index in [4.69, 9.17) is 4.42 Å². The highest BCUT2D eigenvalue weighted by Gasteiger charge is 2.45. The van der Waals surface area contributed by atoms with Crippen molar-refractivity contribution in [1.82, 2.24) is 4.57 Å². The summed E-state index contributed by atoms with van der Waals surface area (Å²) in [6, 6.07) is 54.7. The number of para-hydroxylation sites is 3. The van der Waals surface area contributed by atoms with Crippen LogP contribution in [0.1, 0.15) is 86.1 Å². The first-order valence-electron chi connectivity index (χ1n) is 25.5. The minimum Gasteiger partial charge on any atom is -0.455 e. The molecule has 10 aromatic rings. The van der Waals surface area contributed by atoms with E-state index in [-0.39, 0.29) is 17.5 Å². The molecule has 0 bridgehead atoms. The van der Waals surface area contributed by atoms with Gasteiger partial charge in [0.15, 0.2) is 0 Å². The van der Waals surface area contributed by atoms with Gasteiger partial charge in [-0.1, -0.05) is 146 Å². The number of furan rings is 1. The van der Waals surface area contributed by atoms with E-state index in [2.05, 4.69) is 231 Å². The van der Waals surface area contributed by atoms with Gasteiger partial charge in [-0.15, -0.1) is 0 Å². The van der Waals surface area contributed by atoms with Gasteiger partial charge in [-0.3, -0.25) is 0 Å². The van der Waals surface area contributed by atoms with Crippen molar-refractivity contribution in [1.29, 1.82) is 0 Å². The molecule has 0 amide bonds. The number of nitrogens with zero attached hydrogens (tertiary/aromatic N) is 3. The quantitative estimate of drug-likeness (QED) is 0.161. The second-order valence-electron chi connectivity index (χ2n) is 22.7. The number of hydrogen-bond donors (Lipinski definition) is 0. The van der Waals surface area contributed by atoms with Crippen molar-refractivity contribution in [2.45, 2.75) is 87.0 Å². The van der Waals surface area contributed by atoms with Crippen molar-refractivity contribution >= 4 is 102 Å². The molecule has 0 fully saturated rings. The molecule has 5 heteroatoms. The number of aromatic nitrogens is 1. The predicted molar refractivity (Wildman–Crippen MR) is 310 cm³/mol. The van der Waals surface area contributed by atoms with Crippen LogP contribution < -0.4 is 36.8 Å². The third-order valence-corrected chi connectivity index (χ3v) is 15.6. The summed E-state index contributed by atoms with van der Waals surface area (Å²) < 4.78 is 9.00. The number of aryl methyl sites for hydroxylation is 5. The fourth-order valence-electron chi connectivity index (χ4n) is 12.3. The number of rotatable bonds is 5. The van der Waals surface area contributed by atoms with Crippen LogP contribution in [-0.4, -0.2) is 11.3 Å². The first-order chi connectivity index (χ1) is 34.4. The van der Waals surface area contributed by atoms with Crippen LogP contribution in [0, 0.1) is 34.6 Å². The van der Waals surface area contributed by atoms with Crippen LogP contribution in [0.5, 0.6) is 0 Å². The number of hydrogen-bond acceptors (Lipinski definition) is 3. The van der Waals surface area contributed by atoms with Crippen LogP contribution in [0.3, 0.4) is 0 Å². The SMILES string of the molecule is C=C/C(c1cc(C)c(N2c3cc4c(cc3B3c5ccc(C(C)(C)C)cc5N(c5c(C)cc(C(C)(C)C)cc5C)c5cc(C)cc2c53)c2ccccc2n4-c2ccccc2)c(C)c1)=c1/oc2ccccc2c1=C. The Morgan fingerprint density at radius 2 is 1.10 bits per heavy atom. The van der Waals surface area contributed by atoms with Crippen LogP contribution >= 0.6 is 0 Å². The van der Waals surface area contributed by atoms with Crippen molar-refractivity contribution in [3.63, 3.8) is 0 Å². The molecule has 0 radical (unpaired) electrons. The number of anilines is 6. The van der Waals surface area contributed by atoms with Gasteiger partial charge in [0.2, 0.25) is 0 Å². The van der Waals surface area contributed by atoms with Crippen molar-refractivity contribution in [2.75, 3.05) is 9.80 Å². The van der Waals surface area contributed by atoms with E-state index in [1.165, 1.54) is 94.4 Å². The Morgan fingerprint density at radius 1 is 0.528 bits per heavy atom. The Labute approximate surface area is 424 Å². The average molecular weight is 936 g/mol. The smallest absolute Gasteiger partial charge is 0.252 e. The number of benzene rings is 8. The second kappa shape index (κ2) is 16.1. The molecule has 0 unspecified atom stereocenters. The second-order valence-corrected chi connectivity index (χ2v) is 22.7. The summed E-state index contributed by atoms with van der Waals surface area (Å²) in [5.74, 6) is 0. The average Bonchev–Trinajstić information content (AvgIpc) is 3.84. The molecule has 4 nitrogen and oxygen atoms in total. The zero-order valence-electron chi connectivity index (χ0n) is 43.7. The minimum atomic E-state index is -0.0602. The van der Waals surface area contributed by atoms with Crippen molar-refractivity contribution < 1.29 is 4.42 Å². The maximum Gasteiger partial charge on any atom is 0.252 e. The first kappa shape index (κ1) is 45.4. The lowest BCUT2D eigenvalue weighted by molar-refractivity contribution is 0.573. The summed E-state index contributed by atoms with van der Waals surface area (Å²) in [5, 5.41) is 4.37. The molecule has 2 aliphatic rings. The summed E-state index contributed by atoms with van der Waals surface area (Å²) in [6.45, 7) is 34.2. The summed E-state index contributed by atoms with van der Waals surface area (Å²) in [6.07, 6.45) is 1.92. The fraction of sp³-hybridized carbons (Fsp3) is 0.194. The van der Waals surface area contributed by atoms with Gasteiger partial charge in [-0.05, 0) is 167 Å². The summed E-state index contributed by atoms with van der Waals surface area (Å²) in [7, 11) is 0. The molecule has 0 atom stereocenters. The molecular weight excluding hydrogens is 874 g/mol. The largest absolute Gasteiger partial charge is 0.455 e. The lowest BCUT2D eigenvalue weighted by Gasteiger charge is -2.46.